The number of carbonyl (C=O) groups excluding carboxylic acids is 2. The van der Waals surface area contributed by atoms with E-state index in [1.807, 2.05) is 12.1 Å². The zero-order valence-electron chi connectivity index (χ0n) is 9.84. The van der Waals surface area contributed by atoms with Crippen molar-refractivity contribution in [2.75, 3.05) is 13.7 Å². The van der Waals surface area contributed by atoms with Crippen LogP contribution in [0.15, 0.2) is 36.5 Å². The molecular formula is C13H12N2O3. The molecule has 0 spiro atoms. The van der Waals surface area contributed by atoms with Gasteiger partial charge < -0.3 is 10.1 Å². The van der Waals surface area contributed by atoms with E-state index in [2.05, 4.69) is 15.0 Å². The van der Waals surface area contributed by atoms with Gasteiger partial charge in [0.05, 0.1) is 18.2 Å². The van der Waals surface area contributed by atoms with Crippen molar-refractivity contribution in [3.8, 4) is 0 Å². The Hall–Kier alpha value is -2.43. The Bertz CT molecular complexity index is 590. The number of rotatable bonds is 3. The molecule has 0 aliphatic heterocycles. The molecule has 92 valence electrons. The number of hydrogen-bond acceptors (Lipinski definition) is 4. The van der Waals surface area contributed by atoms with Gasteiger partial charge in [0.2, 0.25) is 0 Å². The van der Waals surface area contributed by atoms with Crippen LogP contribution in [0.1, 0.15) is 10.4 Å². The predicted molar refractivity (Wildman–Crippen MR) is 66.1 cm³/mol. The fraction of sp³-hybridized carbons (Fsp3) is 0.154. The van der Waals surface area contributed by atoms with E-state index in [4.69, 9.17) is 0 Å². The maximum atomic E-state index is 11.9. The fourth-order valence-electron chi connectivity index (χ4n) is 1.61. The van der Waals surface area contributed by atoms with E-state index in [0.29, 0.717) is 11.1 Å². The zero-order chi connectivity index (χ0) is 13.0. The largest absolute Gasteiger partial charge is 0.468 e. The van der Waals surface area contributed by atoms with E-state index < -0.39 is 5.97 Å². The van der Waals surface area contributed by atoms with Gasteiger partial charge in [-0.25, -0.2) is 0 Å². The molecular weight excluding hydrogens is 232 g/mol. The summed E-state index contributed by atoms with van der Waals surface area (Å²) in [5.41, 5.74) is 1.05. The maximum absolute atomic E-state index is 11.9. The number of benzene rings is 1. The lowest BCUT2D eigenvalue weighted by Gasteiger charge is -2.06. The molecule has 0 aliphatic rings. The molecule has 0 aliphatic carbocycles. The number of aromatic nitrogens is 1. The van der Waals surface area contributed by atoms with Crippen molar-refractivity contribution >= 4 is 22.8 Å². The van der Waals surface area contributed by atoms with Crippen molar-refractivity contribution in [2.24, 2.45) is 0 Å². The summed E-state index contributed by atoms with van der Waals surface area (Å²) in [6.45, 7) is -0.154. The summed E-state index contributed by atoms with van der Waals surface area (Å²) in [6, 6.07) is 9.00. The lowest BCUT2D eigenvalue weighted by Crippen LogP contribution is -2.30. The third kappa shape index (κ3) is 2.45. The highest BCUT2D eigenvalue weighted by Crippen LogP contribution is 2.15. The van der Waals surface area contributed by atoms with E-state index in [1.165, 1.54) is 7.11 Å². The first kappa shape index (κ1) is 12.0. The second-order valence-electron chi connectivity index (χ2n) is 3.64. The van der Waals surface area contributed by atoms with Gasteiger partial charge in [-0.15, -0.1) is 0 Å². The number of carbonyl (C=O) groups is 2. The average Bonchev–Trinajstić information content (AvgIpc) is 2.43. The molecule has 0 saturated heterocycles. The number of nitrogens with one attached hydrogen (secondary N) is 1. The second kappa shape index (κ2) is 5.27. The second-order valence-corrected chi connectivity index (χ2v) is 3.64. The number of amides is 1. The number of fused-ring (bicyclic) bond motifs is 1. The van der Waals surface area contributed by atoms with Crippen LogP contribution in [-0.4, -0.2) is 30.5 Å². The van der Waals surface area contributed by atoms with Crippen LogP contribution in [-0.2, 0) is 9.53 Å². The van der Waals surface area contributed by atoms with Gasteiger partial charge in [0.1, 0.15) is 6.54 Å². The summed E-state index contributed by atoms with van der Waals surface area (Å²) in [6.07, 6.45) is 1.62. The predicted octanol–water partition coefficient (Wildman–Crippen LogP) is 1.14. The highest BCUT2D eigenvalue weighted by Gasteiger charge is 2.11. The number of esters is 1. The van der Waals surface area contributed by atoms with Crippen molar-refractivity contribution in [2.45, 2.75) is 0 Å². The highest BCUT2D eigenvalue weighted by molar-refractivity contribution is 6.06. The standard InChI is InChI=1S/C13H12N2O3/c1-18-11(16)8-15-13(17)10-6-2-4-9-5-3-7-14-12(9)10/h2-7H,8H2,1H3,(H,15,17). The van der Waals surface area contributed by atoms with Crippen molar-refractivity contribution in [1.82, 2.24) is 10.3 Å². The van der Waals surface area contributed by atoms with Crippen molar-refractivity contribution in [3.63, 3.8) is 0 Å². The Balaban J connectivity index is 2.25. The summed E-state index contributed by atoms with van der Waals surface area (Å²) in [7, 11) is 1.27. The van der Waals surface area contributed by atoms with Crippen LogP contribution in [0.5, 0.6) is 0 Å². The fourth-order valence-corrected chi connectivity index (χ4v) is 1.61. The minimum atomic E-state index is -0.489. The van der Waals surface area contributed by atoms with Crippen molar-refractivity contribution < 1.29 is 14.3 Å². The molecule has 1 aromatic heterocycles. The monoisotopic (exact) mass is 244 g/mol. The summed E-state index contributed by atoms with van der Waals surface area (Å²) >= 11 is 0. The molecule has 0 bridgehead atoms. The van der Waals surface area contributed by atoms with Gasteiger partial charge >= 0.3 is 5.97 Å². The SMILES string of the molecule is COC(=O)CNC(=O)c1cccc2cccnc12. The number of hydrogen-bond donors (Lipinski definition) is 1. The molecule has 1 amide bonds. The topological polar surface area (TPSA) is 68.3 Å². The normalized spacial score (nSPS) is 10.1. The van der Waals surface area contributed by atoms with Gasteiger partial charge in [-0.2, -0.15) is 0 Å². The maximum Gasteiger partial charge on any atom is 0.325 e. The molecule has 0 unspecified atom stereocenters. The van der Waals surface area contributed by atoms with Gasteiger partial charge in [-0.1, -0.05) is 18.2 Å². The first-order valence-electron chi connectivity index (χ1n) is 5.41. The Morgan fingerprint density at radius 3 is 2.83 bits per heavy atom. The van der Waals surface area contributed by atoms with E-state index in [0.717, 1.165) is 5.39 Å². The molecule has 0 saturated carbocycles. The van der Waals surface area contributed by atoms with Crippen molar-refractivity contribution in [3.05, 3.63) is 42.1 Å². The van der Waals surface area contributed by atoms with Crippen LogP contribution in [0.3, 0.4) is 0 Å². The molecule has 5 nitrogen and oxygen atoms in total. The minimum absolute atomic E-state index is 0.154. The summed E-state index contributed by atoms with van der Waals surface area (Å²) in [5.74, 6) is -0.832. The van der Waals surface area contributed by atoms with Crippen LogP contribution in [0.2, 0.25) is 0 Å². The molecule has 2 aromatic rings. The highest BCUT2D eigenvalue weighted by atomic mass is 16.5. The Kier molecular flexibility index (Phi) is 3.52. The lowest BCUT2D eigenvalue weighted by atomic mass is 10.1. The van der Waals surface area contributed by atoms with Gasteiger partial charge in [0, 0.05) is 11.6 Å². The molecule has 1 N–H and O–H groups in total. The number of nitrogens with zero attached hydrogens (tertiary/aromatic N) is 1. The Labute approximate surface area is 104 Å². The minimum Gasteiger partial charge on any atom is -0.468 e. The van der Waals surface area contributed by atoms with E-state index >= 15 is 0 Å². The lowest BCUT2D eigenvalue weighted by molar-refractivity contribution is -0.139. The summed E-state index contributed by atoms with van der Waals surface area (Å²) in [4.78, 5) is 27.1. The summed E-state index contributed by atoms with van der Waals surface area (Å²) in [5, 5.41) is 3.37. The van der Waals surface area contributed by atoms with Gasteiger partial charge in [-0.05, 0) is 12.1 Å². The Morgan fingerprint density at radius 2 is 2.06 bits per heavy atom. The molecule has 0 atom stereocenters. The van der Waals surface area contributed by atoms with E-state index in [-0.39, 0.29) is 12.5 Å². The van der Waals surface area contributed by atoms with Crippen LogP contribution < -0.4 is 5.32 Å². The van der Waals surface area contributed by atoms with Crippen LogP contribution in [0, 0.1) is 0 Å². The van der Waals surface area contributed by atoms with Crippen LogP contribution >= 0.6 is 0 Å². The molecule has 1 heterocycles. The third-order valence-electron chi connectivity index (χ3n) is 2.50. The third-order valence-corrected chi connectivity index (χ3v) is 2.50. The first-order valence-corrected chi connectivity index (χ1v) is 5.41. The Morgan fingerprint density at radius 1 is 1.28 bits per heavy atom. The summed E-state index contributed by atoms with van der Waals surface area (Å²) < 4.78 is 4.45. The zero-order valence-corrected chi connectivity index (χ0v) is 9.84. The molecule has 0 radical (unpaired) electrons. The quantitative estimate of drug-likeness (QED) is 0.822. The van der Waals surface area contributed by atoms with Crippen molar-refractivity contribution in [1.29, 1.82) is 0 Å². The molecule has 1 aromatic carbocycles. The van der Waals surface area contributed by atoms with Gasteiger partial charge in [-0.3, -0.25) is 14.6 Å². The number of para-hydroxylation sites is 1. The smallest absolute Gasteiger partial charge is 0.325 e. The molecule has 0 fully saturated rings. The molecule has 5 heteroatoms. The van der Waals surface area contributed by atoms with E-state index in [1.54, 1.807) is 24.4 Å². The van der Waals surface area contributed by atoms with E-state index in [9.17, 15) is 9.59 Å². The van der Waals surface area contributed by atoms with Crippen LogP contribution in [0.25, 0.3) is 10.9 Å². The average molecular weight is 244 g/mol. The van der Waals surface area contributed by atoms with Gasteiger partial charge in [0.25, 0.3) is 5.91 Å². The molecule has 2 rings (SSSR count). The van der Waals surface area contributed by atoms with Crippen LogP contribution in [0.4, 0.5) is 0 Å². The number of ether oxygens (including phenoxy) is 1. The molecule has 18 heavy (non-hydrogen) atoms. The number of pyridine rings is 1. The first-order chi connectivity index (χ1) is 8.72. The number of methoxy groups -OCH3 is 1. The van der Waals surface area contributed by atoms with Gasteiger partial charge in [0.15, 0.2) is 0 Å².